The van der Waals surface area contributed by atoms with Gasteiger partial charge in [0.1, 0.15) is 23.4 Å². The van der Waals surface area contributed by atoms with E-state index in [1.807, 2.05) is 45.0 Å². The Labute approximate surface area is 197 Å². The fourth-order valence-corrected chi connectivity index (χ4v) is 4.85. The largest absolute Gasteiger partial charge is 0.508 e. The van der Waals surface area contributed by atoms with E-state index in [-0.39, 0.29) is 23.2 Å². The molecule has 3 aromatic rings. The van der Waals surface area contributed by atoms with Gasteiger partial charge in [-0.05, 0) is 73.9 Å². The molecule has 2 atom stereocenters. The standard InChI is InChI=1S/C28H25NO5/c1-15-4-10-22(16(2)12-15)29-25(18-5-8-21(30)9-6-18)24(27(32)28(29)33)26(31)19-7-11-23-20(14-19)13-17(3)34-23/h4-12,14,17,25,30-31H,13H2,1-3H3/b26-24-. The van der Waals surface area contributed by atoms with E-state index >= 15 is 0 Å². The molecule has 0 radical (unpaired) electrons. The first-order chi connectivity index (χ1) is 16.2. The number of phenolic OH excluding ortho intramolecular Hbond substituents is 1. The number of ether oxygens (including phenoxy) is 1. The van der Waals surface area contributed by atoms with Crippen LogP contribution in [0.4, 0.5) is 5.69 Å². The maximum Gasteiger partial charge on any atom is 0.300 e. The summed E-state index contributed by atoms with van der Waals surface area (Å²) in [6.45, 7) is 5.82. The third kappa shape index (κ3) is 3.52. The minimum Gasteiger partial charge on any atom is -0.508 e. The molecule has 2 aliphatic rings. The predicted octanol–water partition coefficient (Wildman–Crippen LogP) is 4.96. The highest BCUT2D eigenvalue weighted by Crippen LogP contribution is 2.44. The van der Waals surface area contributed by atoms with Crippen LogP contribution in [0.1, 0.15) is 40.8 Å². The fourth-order valence-electron chi connectivity index (χ4n) is 4.85. The van der Waals surface area contributed by atoms with Crippen molar-refractivity contribution in [1.82, 2.24) is 0 Å². The third-order valence-electron chi connectivity index (χ3n) is 6.43. The van der Waals surface area contributed by atoms with Crippen LogP contribution < -0.4 is 9.64 Å². The Morgan fingerprint density at radius 2 is 1.74 bits per heavy atom. The van der Waals surface area contributed by atoms with Crippen LogP contribution in [-0.4, -0.2) is 28.0 Å². The van der Waals surface area contributed by atoms with E-state index in [0.29, 0.717) is 23.2 Å². The molecule has 6 nitrogen and oxygen atoms in total. The summed E-state index contributed by atoms with van der Waals surface area (Å²) in [5, 5.41) is 21.2. The van der Waals surface area contributed by atoms with Crippen molar-refractivity contribution in [2.75, 3.05) is 4.90 Å². The summed E-state index contributed by atoms with van der Waals surface area (Å²) < 4.78 is 5.75. The maximum atomic E-state index is 13.3. The average Bonchev–Trinajstić information content (AvgIpc) is 3.30. The second kappa shape index (κ2) is 8.06. The van der Waals surface area contributed by atoms with Crippen LogP contribution in [0.5, 0.6) is 11.5 Å². The molecule has 1 saturated heterocycles. The van der Waals surface area contributed by atoms with Crippen LogP contribution in [0.25, 0.3) is 5.76 Å². The number of aliphatic hydroxyl groups is 1. The Morgan fingerprint density at radius 1 is 1.00 bits per heavy atom. The summed E-state index contributed by atoms with van der Waals surface area (Å²) in [6.07, 6.45) is 0.744. The van der Waals surface area contributed by atoms with E-state index in [0.717, 1.165) is 22.4 Å². The third-order valence-corrected chi connectivity index (χ3v) is 6.43. The van der Waals surface area contributed by atoms with Gasteiger partial charge in [0.2, 0.25) is 0 Å². The first-order valence-corrected chi connectivity index (χ1v) is 11.2. The zero-order chi connectivity index (χ0) is 24.1. The molecule has 172 valence electrons. The molecule has 2 N–H and O–H groups in total. The van der Waals surface area contributed by atoms with Gasteiger partial charge in [-0.25, -0.2) is 0 Å². The van der Waals surface area contributed by atoms with Crippen molar-refractivity contribution in [2.24, 2.45) is 0 Å². The van der Waals surface area contributed by atoms with E-state index in [1.165, 1.54) is 17.0 Å². The van der Waals surface area contributed by atoms with Crippen molar-refractivity contribution >= 4 is 23.1 Å². The van der Waals surface area contributed by atoms with Gasteiger partial charge in [0.05, 0.1) is 11.6 Å². The van der Waals surface area contributed by atoms with Crippen LogP contribution in [0.15, 0.2) is 66.2 Å². The second-order valence-corrected chi connectivity index (χ2v) is 9.01. The van der Waals surface area contributed by atoms with Gasteiger partial charge < -0.3 is 14.9 Å². The van der Waals surface area contributed by atoms with Crippen molar-refractivity contribution in [3.63, 3.8) is 0 Å². The molecular formula is C28H25NO5. The smallest absolute Gasteiger partial charge is 0.300 e. The van der Waals surface area contributed by atoms with Crippen LogP contribution in [0.2, 0.25) is 0 Å². The molecule has 6 heteroatoms. The average molecular weight is 456 g/mol. The van der Waals surface area contributed by atoms with Crippen molar-refractivity contribution in [3.05, 3.63) is 94.1 Å². The number of phenols is 1. The summed E-state index contributed by atoms with van der Waals surface area (Å²) in [5.74, 6) is -0.855. The van der Waals surface area contributed by atoms with Crippen LogP contribution in [-0.2, 0) is 16.0 Å². The lowest BCUT2D eigenvalue weighted by molar-refractivity contribution is -0.132. The number of aliphatic hydroxyl groups excluding tert-OH is 1. The number of fused-ring (bicyclic) bond motifs is 1. The van der Waals surface area contributed by atoms with Crippen molar-refractivity contribution in [1.29, 1.82) is 0 Å². The Hall–Kier alpha value is -4.06. The molecule has 0 aromatic heterocycles. The SMILES string of the molecule is Cc1ccc(N2C(=O)C(=O)/C(=C(\O)c3ccc4c(c3)CC(C)O4)C2c2ccc(O)cc2)c(C)c1. The van der Waals surface area contributed by atoms with Gasteiger partial charge >= 0.3 is 0 Å². The minimum atomic E-state index is -0.842. The number of nitrogens with zero attached hydrogens (tertiary/aromatic N) is 1. The van der Waals surface area contributed by atoms with Crippen molar-refractivity contribution < 1.29 is 24.5 Å². The fraction of sp³-hybridized carbons (Fsp3) is 0.214. The van der Waals surface area contributed by atoms with Gasteiger partial charge in [0, 0.05) is 17.7 Å². The lowest BCUT2D eigenvalue weighted by Gasteiger charge is -2.27. The van der Waals surface area contributed by atoms with E-state index < -0.39 is 17.7 Å². The van der Waals surface area contributed by atoms with Crippen molar-refractivity contribution in [3.8, 4) is 11.5 Å². The molecule has 3 aromatic carbocycles. The molecule has 0 saturated carbocycles. The summed E-state index contributed by atoms with van der Waals surface area (Å²) in [7, 11) is 0. The number of hydrogen-bond acceptors (Lipinski definition) is 5. The molecule has 0 bridgehead atoms. The number of aryl methyl sites for hydroxylation is 2. The summed E-state index contributed by atoms with van der Waals surface area (Å²) in [6, 6.07) is 16.4. The van der Waals surface area contributed by atoms with Crippen LogP contribution >= 0.6 is 0 Å². The highest BCUT2D eigenvalue weighted by molar-refractivity contribution is 6.51. The molecule has 1 fully saturated rings. The quantitative estimate of drug-likeness (QED) is 0.331. The number of hydrogen-bond donors (Lipinski definition) is 2. The Balaban J connectivity index is 1.70. The number of carbonyl (C=O) groups is 2. The minimum absolute atomic E-state index is 0.0163. The van der Waals surface area contributed by atoms with E-state index in [2.05, 4.69) is 0 Å². The summed E-state index contributed by atoms with van der Waals surface area (Å²) >= 11 is 0. The zero-order valence-corrected chi connectivity index (χ0v) is 19.2. The van der Waals surface area contributed by atoms with Crippen molar-refractivity contribution in [2.45, 2.75) is 39.3 Å². The number of rotatable bonds is 3. The second-order valence-electron chi connectivity index (χ2n) is 9.01. The summed E-state index contributed by atoms with van der Waals surface area (Å²) in [5.41, 5.74) is 4.50. The molecule has 0 spiro atoms. The lowest BCUT2D eigenvalue weighted by atomic mass is 9.94. The van der Waals surface area contributed by atoms with Gasteiger partial charge in [-0.3, -0.25) is 14.5 Å². The molecule has 5 rings (SSSR count). The first kappa shape index (κ1) is 21.8. The molecule has 0 aliphatic carbocycles. The monoisotopic (exact) mass is 455 g/mol. The number of benzene rings is 3. The molecule has 34 heavy (non-hydrogen) atoms. The zero-order valence-electron chi connectivity index (χ0n) is 19.2. The molecule has 2 unspecified atom stereocenters. The first-order valence-electron chi connectivity index (χ1n) is 11.2. The number of Topliss-reactive ketones (excluding diaryl/α,β-unsaturated/α-hetero) is 1. The van der Waals surface area contributed by atoms with Crippen LogP contribution in [0.3, 0.4) is 0 Å². The lowest BCUT2D eigenvalue weighted by Crippen LogP contribution is -2.30. The van der Waals surface area contributed by atoms with Gasteiger partial charge in [-0.2, -0.15) is 0 Å². The number of carbonyl (C=O) groups excluding carboxylic acids is 2. The Kier molecular flexibility index (Phi) is 5.16. The summed E-state index contributed by atoms with van der Waals surface area (Å²) in [4.78, 5) is 28.1. The van der Waals surface area contributed by atoms with E-state index in [1.54, 1.807) is 24.3 Å². The normalized spacial score (nSPS) is 21.0. The molecular weight excluding hydrogens is 430 g/mol. The van der Waals surface area contributed by atoms with Crippen LogP contribution in [0, 0.1) is 13.8 Å². The number of ketones is 1. The van der Waals surface area contributed by atoms with E-state index in [4.69, 9.17) is 4.74 Å². The Morgan fingerprint density at radius 3 is 2.44 bits per heavy atom. The van der Waals surface area contributed by atoms with Gasteiger partial charge in [-0.15, -0.1) is 0 Å². The highest BCUT2D eigenvalue weighted by atomic mass is 16.5. The number of aromatic hydroxyl groups is 1. The van der Waals surface area contributed by atoms with E-state index in [9.17, 15) is 19.8 Å². The predicted molar refractivity (Wildman–Crippen MR) is 129 cm³/mol. The van der Waals surface area contributed by atoms with Gasteiger partial charge in [0.25, 0.3) is 11.7 Å². The van der Waals surface area contributed by atoms with Gasteiger partial charge in [0.15, 0.2) is 0 Å². The highest BCUT2D eigenvalue weighted by Gasteiger charge is 2.47. The number of amides is 1. The molecule has 2 aliphatic heterocycles. The van der Waals surface area contributed by atoms with Gasteiger partial charge in [-0.1, -0.05) is 29.8 Å². The molecule has 2 heterocycles. The number of anilines is 1. The maximum absolute atomic E-state index is 13.3. The topological polar surface area (TPSA) is 87.1 Å². The molecule has 1 amide bonds. The Bertz CT molecular complexity index is 1360.